The van der Waals surface area contributed by atoms with E-state index in [-0.39, 0.29) is 0 Å². The SMILES string of the molecule is CCN=C1C=C/C(=C(\c2ccc(N(CC)CC)cc2)c2ccc(N(CC)CCN)cc2)c2ccccc21. The summed E-state index contributed by atoms with van der Waals surface area (Å²) >= 11 is 0. The standard InChI is InChI=1S/C33H40N4/c1-5-35-32-22-21-31(29-11-9-10-12-30(29)32)33(25-13-17-27(18-14-25)36(6-2)7-3)26-15-19-28(20-16-26)37(8-4)24-23-34/h9-22H,5-8,23-24,34H2,1-4H3/b33-31-,35-32?. The molecular formula is C33H40N4. The van der Waals surface area contributed by atoms with Crippen LogP contribution in [0, 0.1) is 0 Å². The number of aliphatic imine (C=N–C) groups is 1. The van der Waals surface area contributed by atoms with Gasteiger partial charge >= 0.3 is 0 Å². The zero-order chi connectivity index (χ0) is 26.2. The Balaban J connectivity index is 1.89. The smallest absolute Gasteiger partial charge is 0.0652 e. The van der Waals surface area contributed by atoms with E-state index in [9.17, 15) is 0 Å². The zero-order valence-corrected chi connectivity index (χ0v) is 22.7. The average molecular weight is 493 g/mol. The highest BCUT2D eigenvalue weighted by Crippen LogP contribution is 2.38. The summed E-state index contributed by atoms with van der Waals surface area (Å²) in [6.45, 7) is 13.9. The Labute approximate surface area is 222 Å². The molecule has 0 saturated carbocycles. The number of hydrogen-bond acceptors (Lipinski definition) is 4. The lowest BCUT2D eigenvalue weighted by Crippen LogP contribution is -2.28. The van der Waals surface area contributed by atoms with Crippen molar-refractivity contribution in [2.45, 2.75) is 27.7 Å². The molecule has 1 aliphatic rings. The van der Waals surface area contributed by atoms with Crippen molar-refractivity contribution in [3.63, 3.8) is 0 Å². The number of hydrogen-bond donors (Lipinski definition) is 1. The maximum absolute atomic E-state index is 5.86. The van der Waals surface area contributed by atoms with Crippen LogP contribution >= 0.6 is 0 Å². The molecule has 0 amide bonds. The Hall–Kier alpha value is -3.63. The lowest BCUT2D eigenvalue weighted by atomic mass is 9.83. The molecule has 0 aromatic heterocycles. The van der Waals surface area contributed by atoms with Crippen LogP contribution < -0.4 is 15.5 Å². The molecule has 3 aromatic carbocycles. The molecule has 0 radical (unpaired) electrons. The number of nitrogens with zero attached hydrogens (tertiary/aromatic N) is 3. The lowest BCUT2D eigenvalue weighted by Gasteiger charge is -2.24. The minimum absolute atomic E-state index is 0.646. The number of likely N-dealkylation sites (N-methyl/N-ethyl adjacent to an activating group) is 1. The van der Waals surface area contributed by atoms with Gasteiger partial charge in [-0.3, -0.25) is 4.99 Å². The number of rotatable bonds is 10. The Morgan fingerprint density at radius 1 is 0.676 bits per heavy atom. The van der Waals surface area contributed by atoms with Gasteiger partial charge in [0.1, 0.15) is 0 Å². The van der Waals surface area contributed by atoms with Crippen molar-refractivity contribution in [3.05, 3.63) is 107 Å². The second-order valence-corrected chi connectivity index (χ2v) is 9.16. The molecule has 3 aromatic rings. The number of allylic oxidation sites excluding steroid dienone is 3. The van der Waals surface area contributed by atoms with Gasteiger partial charge in [-0.25, -0.2) is 0 Å². The third kappa shape index (κ3) is 5.70. The van der Waals surface area contributed by atoms with Crippen LogP contribution in [0.3, 0.4) is 0 Å². The summed E-state index contributed by atoms with van der Waals surface area (Å²) < 4.78 is 0. The van der Waals surface area contributed by atoms with Crippen molar-refractivity contribution in [1.29, 1.82) is 0 Å². The Morgan fingerprint density at radius 3 is 1.73 bits per heavy atom. The molecule has 0 fully saturated rings. The fraction of sp³-hybridized carbons (Fsp3) is 0.303. The molecule has 0 atom stereocenters. The summed E-state index contributed by atoms with van der Waals surface area (Å²) in [5, 5.41) is 0. The molecule has 37 heavy (non-hydrogen) atoms. The fourth-order valence-electron chi connectivity index (χ4n) is 5.18. The first-order valence-corrected chi connectivity index (χ1v) is 13.6. The second-order valence-electron chi connectivity index (χ2n) is 9.16. The van der Waals surface area contributed by atoms with E-state index in [2.05, 4.69) is 122 Å². The van der Waals surface area contributed by atoms with Crippen molar-refractivity contribution in [2.24, 2.45) is 10.7 Å². The van der Waals surface area contributed by atoms with E-state index < -0.39 is 0 Å². The highest BCUT2D eigenvalue weighted by molar-refractivity contribution is 6.19. The van der Waals surface area contributed by atoms with Gasteiger partial charge in [0.2, 0.25) is 0 Å². The maximum atomic E-state index is 5.86. The molecule has 0 unspecified atom stereocenters. The van der Waals surface area contributed by atoms with Gasteiger partial charge in [-0.1, -0.05) is 54.6 Å². The summed E-state index contributed by atoms with van der Waals surface area (Å²) in [5.74, 6) is 0. The van der Waals surface area contributed by atoms with Gasteiger partial charge < -0.3 is 15.5 Å². The molecule has 4 heteroatoms. The lowest BCUT2D eigenvalue weighted by molar-refractivity contribution is 0.817. The third-order valence-corrected chi connectivity index (χ3v) is 7.09. The van der Waals surface area contributed by atoms with Crippen LogP contribution in [0.2, 0.25) is 0 Å². The first-order valence-electron chi connectivity index (χ1n) is 13.6. The highest BCUT2D eigenvalue weighted by Gasteiger charge is 2.20. The Morgan fingerprint density at radius 2 is 1.22 bits per heavy atom. The van der Waals surface area contributed by atoms with E-state index in [1.807, 2.05) is 0 Å². The van der Waals surface area contributed by atoms with Gasteiger partial charge in [0.25, 0.3) is 0 Å². The molecule has 0 spiro atoms. The van der Waals surface area contributed by atoms with Crippen LogP contribution in [0.4, 0.5) is 11.4 Å². The van der Waals surface area contributed by atoms with E-state index in [1.54, 1.807) is 0 Å². The average Bonchev–Trinajstić information content (AvgIpc) is 2.95. The molecule has 192 valence electrons. The van der Waals surface area contributed by atoms with Crippen molar-refractivity contribution >= 4 is 28.2 Å². The van der Waals surface area contributed by atoms with Gasteiger partial charge in [0.15, 0.2) is 0 Å². The van der Waals surface area contributed by atoms with E-state index >= 15 is 0 Å². The number of anilines is 2. The second kappa shape index (κ2) is 12.6. The molecule has 0 saturated heterocycles. The summed E-state index contributed by atoms with van der Waals surface area (Å²) in [7, 11) is 0. The van der Waals surface area contributed by atoms with Crippen LogP contribution in [0.25, 0.3) is 11.1 Å². The first-order chi connectivity index (χ1) is 18.1. The third-order valence-electron chi connectivity index (χ3n) is 7.09. The summed E-state index contributed by atoms with van der Waals surface area (Å²) in [6, 6.07) is 26.6. The molecule has 0 heterocycles. The predicted octanol–water partition coefficient (Wildman–Crippen LogP) is 6.66. The molecule has 2 N–H and O–H groups in total. The van der Waals surface area contributed by atoms with E-state index in [4.69, 9.17) is 10.7 Å². The minimum atomic E-state index is 0.646. The normalized spacial score (nSPS) is 15.0. The van der Waals surface area contributed by atoms with Crippen LogP contribution in [0.15, 0.2) is 89.9 Å². The topological polar surface area (TPSA) is 44.9 Å². The summed E-state index contributed by atoms with van der Waals surface area (Å²) in [6.07, 6.45) is 4.41. The van der Waals surface area contributed by atoms with Crippen molar-refractivity contribution in [3.8, 4) is 0 Å². The van der Waals surface area contributed by atoms with E-state index in [0.717, 1.165) is 38.4 Å². The van der Waals surface area contributed by atoms with Crippen LogP contribution in [0.5, 0.6) is 0 Å². The van der Waals surface area contributed by atoms with Crippen molar-refractivity contribution < 1.29 is 0 Å². The van der Waals surface area contributed by atoms with Crippen LogP contribution in [-0.2, 0) is 0 Å². The van der Waals surface area contributed by atoms with Crippen molar-refractivity contribution in [2.75, 3.05) is 49.1 Å². The van der Waals surface area contributed by atoms with E-state index in [1.165, 1.54) is 44.8 Å². The largest absolute Gasteiger partial charge is 0.372 e. The Bertz CT molecular complexity index is 1260. The van der Waals surface area contributed by atoms with Gasteiger partial charge in [-0.05, 0) is 85.9 Å². The van der Waals surface area contributed by atoms with E-state index in [0.29, 0.717) is 6.54 Å². The molecule has 4 nitrogen and oxygen atoms in total. The number of fused-ring (bicyclic) bond motifs is 1. The summed E-state index contributed by atoms with van der Waals surface area (Å²) in [4.78, 5) is 9.46. The quantitative estimate of drug-likeness (QED) is 0.344. The molecule has 4 rings (SSSR count). The first kappa shape index (κ1) is 26.4. The van der Waals surface area contributed by atoms with Crippen LogP contribution in [0.1, 0.15) is 49.9 Å². The fourth-order valence-corrected chi connectivity index (χ4v) is 5.18. The molecule has 0 bridgehead atoms. The molecule has 1 aliphatic carbocycles. The monoisotopic (exact) mass is 492 g/mol. The highest BCUT2D eigenvalue weighted by atomic mass is 15.1. The minimum Gasteiger partial charge on any atom is -0.372 e. The zero-order valence-electron chi connectivity index (χ0n) is 22.7. The number of nitrogens with two attached hydrogens (primary N) is 1. The summed E-state index contributed by atoms with van der Waals surface area (Å²) in [5.41, 5.74) is 16.7. The van der Waals surface area contributed by atoms with Crippen molar-refractivity contribution in [1.82, 2.24) is 0 Å². The van der Waals surface area contributed by atoms with Gasteiger partial charge in [-0.2, -0.15) is 0 Å². The predicted molar refractivity (Wildman–Crippen MR) is 162 cm³/mol. The number of benzene rings is 3. The van der Waals surface area contributed by atoms with Crippen LogP contribution in [-0.4, -0.2) is 45.0 Å². The maximum Gasteiger partial charge on any atom is 0.0652 e. The molecule has 0 aliphatic heterocycles. The Kier molecular flexibility index (Phi) is 8.97. The van der Waals surface area contributed by atoms with Gasteiger partial charge in [0, 0.05) is 56.2 Å². The molecular weight excluding hydrogens is 452 g/mol. The van der Waals surface area contributed by atoms with Gasteiger partial charge in [0.05, 0.1) is 5.71 Å². The van der Waals surface area contributed by atoms with Gasteiger partial charge in [-0.15, -0.1) is 0 Å².